The van der Waals surface area contributed by atoms with Crippen LogP contribution in [0, 0.1) is 24.4 Å². The predicted octanol–water partition coefficient (Wildman–Crippen LogP) is 4.86. The lowest BCUT2D eigenvalue weighted by atomic mass is 9.90. The molecule has 0 aliphatic carbocycles. The van der Waals surface area contributed by atoms with E-state index in [9.17, 15) is 18.0 Å². The Morgan fingerprint density at radius 1 is 1.06 bits per heavy atom. The van der Waals surface area contributed by atoms with E-state index < -0.39 is 34.5 Å². The Balaban J connectivity index is 1.50. The van der Waals surface area contributed by atoms with Crippen molar-refractivity contribution in [2.75, 3.05) is 29.9 Å². The van der Waals surface area contributed by atoms with Gasteiger partial charge in [0.1, 0.15) is 11.6 Å². The van der Waals surface area contributed by atoms with E-state index in [1.54, 1.807) is 0 Å². The van der Waals surface area contributed by atoms with E-state index in [0.29, 0.717) is 17.9 Å². The van der Waals surface area contributed by atoms with E-state index in [4.69, 9.17) is 0 Å². The highest BCUT2D eigenvalue weighted by molar-refractivity contribution is 6.05. The fraction of sp³-hybridized carbons (Fsp3) is 0.292. The van der Waals surface area contributed by atoms with Gasteiger partial charge >= 0.3 is 0 Å². The molecule has 0 unspecified atom stereocenters. The van der Waals surface area contributed by atoms with E-state index in [1.165, 1.54) is 24.9 Å². The number of aromatic nitrogens is 2. The normalized spacial score (nSPS) is 14.5. The maximum atomic E-state index is 14.3. The molecule has 0 spiro atoms. The summed E-state index contributed by atoms with van der Waals surface area (Å²) in [7, 11) is 1.38. The third-order valence-electron chi connectivity index (χ3n) is 5.94. The van der Waals surface area contributed by atoms with Gasteiger partial charge in [-0.15, -0.1) is 0 Å². The van der Waals surface area contributed by atoms with Crippen LogP contribution in [-0.2, 0) is 0 Å². The molecule has 1 aliphatic rings. The minimum Gasteiger partial charge on any atom is -0.341 e. The van der Waals surface area contributed by atoms with Crippen LogP contribution in [0.3, 0.4) is 0 Å². The first-order valence-electron chi connectivity index (χ1n) is 10.4. The summed E-state index contributed by atoms with van der Waals surface area (Å²) in [6.45, 7) is 2.62. The highest BCUT2D eigenvalue weighted by Gasteiger charge is 2.26. The van der Waals surface area contributed by atoms with Gasteiger partial charge in [-0.3, -0.25) is 9.69 Å². The summed E-state index contributed by atoms with van der Waals surface area (Å²) in [5.74, 6) is -3.49. The lowest BCUT2D eigenvalue weighted by molar-refractivity contribution is 0.0986. The Kier molecular flexibility index (Phi) is 6.12. The summed E-state index contributed by atoms with van der Waals surface area (Å²) in [4.78, 5) is 24.6. The number of carbonyl (C=O) groups excluding carboxylic acids is 1. The van der Waals surface area contributed by atoms with E-state index in [-0.39, 0.29) is 5.82 Å². The molecule has 5 nitrogen and oxygen atoms in total. The van der Waals surface area contributed by atoms with Crippen molar-refractivity contribution in [3.05, 3.63) is 82.8 Å². The van der Waals surface area contributed by atoms with Crippen molar-refractivity contribution in [2.24, 2.45) is 0 Å². The molecule has 0 atom stereocenters. The molecule has 0 saturated carbocycles. The number of carbonyl (C=O) groups is 1. The Bertz CT molecular complexity index is 1130. The van der Waals surface area contributed by atoms with Crippen molar-refractivity contribution in [1.82, 2.24) is 9.97 Å². The molecule has 0 radical (unpaired) electrons. The second kappa shape index (κ2) is 8.98. The molecule has 0 N–H and O–H groups in total. The number of amides is 1. The summed E-state index contributed by atoms with van der Waals surface area (Å²) >= 11 is 0. The maximum Gasteiger partial charge on any atom is 0.262 e. The predicted molar refractivity (Wildman–Crippen MR) is 116 cm³/mol. The van der Waals surface area contributed by atoms with Crippen molar-refractivity contribution in [3.8, 4) is 0 Å². The first-order chi connectivity index (χ1) is 15.4. The SMILES string of the molecule is Cc1c(F)cc(C(=O)N(C)c2ccnc(N3CCC(c4ccccc4)CC3)n2)c(F)c1F. The first kappa shape index (κ1) is 21.8. The second-order valence-electron chi connectivity index (χ2n) is 7.91. The molecule has 1 aliphatic heterocycles. The molecular formula is C24H23F3N4O. The Hall–Kier alpha value is -3.42. The molecule has 166 valence electrons. The summed E-state index contributed by atoms with van der Waals surface area (Å²) in [6.07, 6.45) is 3.40. The van der Waals surface area contributed by atoms with E-state index in [0.717, 1.165) is 37.8 Å². The minimum absolute atomic E-state index is 0.214. The Labute approximate surface area is 184 Å². The van der Waals surface area contributed by atoms with Crippen molar-refractivity contribution in [1.29, 1.82) is 0 Å². The molecule has 1 aromatic heterocycles. The third-order valence-corrected chi connectivity index (χ3v) is 5.94. The lowest BCUT2D eigenvalue weighted by Crippen LogP contribution is -2.35. The van der Waals surface area contributed by atoms with Gasteiger partial charge in [-0.25, -0.2) is 18.2 Å². The lowest BCUT2D eigenvalue weighted by Gasteiger charge is -2.32. The molecule has 2 aromatic carbocycles. The van der Waals surface area contributed by atoms with Gasteiger partial charge in [-0.1, -0.05) is 30.3 Å². The van der Waals surface area contributed by atoms with E-state index in [2.05, 4.69) is 22.1 Å². The average molecular weight is 440 g/mol. The minimum atomic E-state index is -1.38. The van der Waals surface area contributed by atoms with Crippen LogP contribution in [0.1, 0.15) is 40.2 Å². The summed E-state index contributed by atoms with van der Waals surface area (Å²) < 4.78 is 42.1. The fourth-order valence-corrected chi connectivity index (χ4v) is 3.94. The standard InChI is InChI=1S/C24H23F3N4O/c1-15-19(25)14-18(22(27)21(15)26)23(32)30(2)20-8-11-28-24(29-20)31-12-9-17(10-13-31)16-6-4-3-5-7-16/h3-8,11,14,17H,9-10,12-13H2,1-2H3. The van der Waals surface area contributed by atoms with Gasteiger partial charge in [-0.2, -0.15) is 4.98 Å². The Morgan fingerprint density at radius 3 is 2.44 bits per heavy atom. The van der Waals surface area contributed by atoms with E-state index in [1.807, 2.05) is 23.1 Å². The molecule has 0 bridgehead atoms. The monoisotopic (exact) mass is 440 g/mol. The number of benzene rings is 2. The van der Waals surface area contributed by atoms with Crippen molar-refractivity contribution < 1.29 is 18.0 Å². The number of rotatable bonds is 4. The molecule has 1 amide bonds. The zero-order chi connectivity index (χ0) is 22.8. The maximum absolute atomic E-state index is 14.3. The number of piperidine rings is 1. The van der Waals surface area contributed by atoms with Gasteiger partial charge in [0, 0.05) is 31.9 Å². The molecule has 3 aromatic rings. The van der Waals surface area contributed by atoms with Crippen LogP contribution in [-0.4, -0.2) is 36.0 Å². The van der Waals surface area contributed by atoms with Crippen LogP contribution in [0.2, 0.25) is 0 Å². The van der Waals surface area contributed by atoms with Crippen LogP contribution in [0.25, 0.3) is 0 Å². The zero-order valence-corrected chi connectivity index (χ0v) is 17.9. The van der Waals surface area contributed by atoms with Gasteiger partial charge in [0.2, 0.25) is 5.95 Å². The number of nitrogens with zero attached hydrogens (tertiary/aromatic N) is 4. The molecule has 1 fully saturated rings. The molecule has 4 rings (SSSR count). The highest BCUT2D eigenvalue weighted by atomic mass is 19.2. The number of anilines is 2. The van der Waals surface area contributed by atoms with Gasteiger partial charge in [0.15, 0.2) is 11.6 Å². The van der Waals surface area contributed by atoms with Crippen LogP contribution < -0.4 is 9.80 Å². The summed E-state index contributed by atoms with van der Waals surface area (Å²) in [5, 5.41) is 0. The van der Waals surface area contributed by atoms with Gasteiger partial charge in [0.25, 0.3) is 5.91 Å². The average Bonchev–Trinajstić information content (AvgIpc) is 2.85. The van der Waals surface area contributed by atoms with Crippen LogP contribution in [0.15, 0.2) is 48.7 Å². The molecular weight excluding hydrogens is 417 g/mol. The summed E-state index contributed by atoms with van der Waals surface area (Å²) in [6, 6.07) is 12.5. The van der Waals surface area contributed by atoms with Crippen molar-refractivity contribution >= 4 is 17.7 Å². The Morgan fingerprint density at radius 2 is 1.75 bits per heavy atom. The molecule has 32 heavy (non-hydrogen) atoms. The highest BCUT2D eigenvalue weighted by Crippen LogP contribution is 2.30. The van der Waals surface area contributed by atoms with Gasteiger partial charge in [0.05, 0.1) is 5.56 Å². The second-order valence-corrected chi connectivity index (χ2v) is 7.91. The topological polar surface area (TPSA) is 49.3 Å². The van der Waals surface area contributed by atoms with Crippen LogP contribution >= 0.6 is 0 Å². The molecule has 2 heterocycles. The van der Waals surface area contributed by atoms with Crippen molar-refractivity contribution in [2.45, 2.75) is 25.7 Å². The van der Waals surface area contributed by atoms with Crippen LogP contribution in [0.5, 0.6) is 0 Å². The fourth-order valence-electron chi connectivity index (χ4n) is 3.94. The smallest absolute Gasteiger partial charge is 0.262 e. The largest absolute Gasteiger partial charge is 0.341 e. The first-order valence-corrected chi connectivity index (χ1v) is 10.4. The van der Waals surface area contributed by atoms with Crippen LogP contribution in [0.4, 0.5) is 24.9 Å². The number of halogens is 3. The molecule has 1 saturated heterocycles. The summed E-state index contributed by atoms with van der Waals surface area (Å²) in [5.41, 5.74) is 0.161. The van der Waals surface area contributed by atoms with E-state index >= 15 is 0 Å². The van der Waals surface area contributed by atoms with Crippen molar-refractivity contribution in [3.63, 3.8) is 0 Å². The zero-order valence-electron chi connectivity index (χ0n) is 17.9. The van der Waals surface area contributed by atoms with Gasteiger partial charge in [-0.05, 0) is 43.4 Å². The third kappa shape index (κ3) is 4.17. The number of hydrogen-bond donors (Lipinski definition) is 0. The van der Waals surface area contributed by atoms with Gasteiger partial charge < -0.3 is 4.90 Å². The quantitative estimate of drug-likeness (QED) is 0.544. The molecule has 8 heteroatoms. The number of hydrogen-bond acceptors (Lipinski definition) is 4.